The zero-order valence-electron chi connectivity index (χ0n) is 6.81. The summed E-state index contributed by atoms with van der Waals surface area (Å²) in [5.41, 5.74) is 1.14. The van der Waals surface area contributed by atoms with Crippen LogP contribution in [0.15, 0.2) is 18.2 Å². The fourth-order valence-corrected chi connectivity index (χ4v) is 1.24. The van der Waals surface area contributed by atoms with E-state index in [1.54, 1.807) is 13.2 Å². The van der Waals surface area contributed by atoms with Crippen LogP contribution in [0.5, 0.6) is 0 Å². The average molecular weight is 205 g/mol. The maximum absolute atomic E-state index is 5.82. The maximum atomic E-state index is 5.82. The summed E-state index contributed by atoms with van der Waals surface area (Å²) in [6.45, 7) is 0.706. The van der Waals surface area contributed by atoms with E-state index in [0.717, 1.165) is 12.0 Å². The second kappa shape index (κ2) is 4.70. The summed E-state index contributed by atoms with van der Waals surface area (Å²) >= 11 is 11.6. The molecule has 0 heterocycles. The van der Waals surface area contributed by atoms with Gasteiger partial charge < -0.3 is 4.74 Å². The van der Waals surface area contributed by atoms with E-state index in [1.807, 2.05) is 12.1 Å². The Morgan fingerprint density at radius 1 is 1.25 bits per heavy atom. The average Bonchev–Trinajstić information content (AvgIpc) is 2.07. The lowest BCUT2D eigenvalue weighted by atomic mass is 10.2. The molecule has 1 aromatic carbocycles. The van der Waals surface area contributed by atoms with Crippen LogP contribution < -0.4 is 0 Å². The normalized spacial score (nSPS) is 10.2. The Kier molecular flexibility index (Phi) is 3.86. The summed E-state index contributed by atoms with van der Waals surface area (Å²) in [6.07, 6.45) is 0.868. The number of ether oxygens (including phenoxy) is 1. The highest BCUT2D eigenvalue weighted by molar-refractivity contribution is 6.42. The zero-order chi connectivity index (χ0) is 8.97. The van der Waals surface area contributed by atoms with Gasteiger partial charge in [0.1, 0.15) is 0 Å². The summed E-state index contributed by atoms with van der Waals surface area (Å²) in [6, 6.07) is 5.62. The highest BCUT2D eigenvalue weighted by atomic mass is 35.5. The van der Waals surface area contributed by atoms with E-state index >= 15 is 0 Å². The van der Waals surface area contributed by atoms with E-state index < -0.39 is 0 Å². The zero-order valence-corrected chi connectivity index (χ0v) is 8.32. The van der Waals surface area contributed by atoms with Crippen LogP contribution in [0.2, 0.25) is 10.0 Å². The molecule has 0 unspecified atom stereocenters. The smallest absolute Gasteiger partial charge is 0.0595 e. The number of methoxy groups -OCH3 is 1. The first-order valence-corrected chi connectivity index (χ1v) is 4.42. The quantitative estimate of drug-likeness (QED) is 0.736. The van der Waals surface area contributed by atoms with Gasteiger partial charge in [0.2, 0.25) is 0 Å². The van der Waals surface area contributed by atoms with Crippen LogP contribution in [0.25, 0.3) is 0 Å². The predicted molar refractivity (Wildman–Crippen MR) is 52.0 cm³/mol. The van der Waals surface area contributed by atoms with Crippen molar-refractivity contribution in [3.8, 4) is 0 Å². The minimum absolute atomic E-state index is 0.595. The lowest BCUT2D eigenvalue weighted by Gasteiger charge is -2.01. The van der Waals surface area contributed by atoms with Crippen LogP contribution in [0.3, 0.4) is 0 Å². The monoisotopic (exact) mass is 204 g/mol. The van der Waals surface area contributed by atoms with E-state index in [0.29, 0.717) is 16.7 Å². The summed E-state index contributed by atoms with van der Waals surface area (Å²) in [7, 11) is 1.68. The summed E-state index contributed by atoms with van der Waals surface area (Å²) < 4.78 is 4.94. The predicted octanol–water partition coefficient (Wildman–Crippen LogP) is 3.18. The molecule has 0 aliphatic rings. The molecule has 0 atom stereocenters. The van der Waals surface area contributed by atoms with Crippen LogP contribution in [0.4, 0.5) is 0 Å². The van der Waals surface area contributed by atoms with Gasteiger partial charge in [-0.05, 0) is 24.1 Å². The Bertz CT molecular complexity index is 261. The molecule has 0 amide bonds. The van der Waals surface area contributed by atoms with Crippen LogP contribution in [-0.2, 0) is 11.2 Å². The molecule has 1 rings (SSSR count). The van der Waals surface area contributed by atoms with Crippen LogP contribution in [0.1, 0.15) is 5.56 Å². The molecule has 0 saturated carbocycles. The fraction of sp³-hybridized carbons (Fsp3) is 0.333. The van der Waals surface area contributed by atoms with E-state index in [9.17, 15) is 0 Å². The van der Waals surface area contributed by atoms with Crippen LogP contribution in [-0.4, -0.2) is 13.7 Å². The standard InChI is InChI=1S/C9H10Cl2O/c1-12-5-4-7-2-3-8(10)9(11)6-7/h2-3,6H,4-5H2,1H3. The third kappa shape index (κ3) is 2.67. The maximum Gasteiger partial charge on any atom is 0.0595 e. The second-order valence-electron chi connectivity index (χ2n) is 2.49. The topological polar surface area (TPSA) is 9.23 Å². The van der Waals surface area contributed by atoms with Gasteiger partial charge in [-0.3, -0.25) is 0 Å². The van der Waals surface area contributed by atoms with Gasteiger partial charge in [0.25, 0.3) is 0 Å². The van der Waals surface area contributed by atoms with Crippen molar-refractivity contribution in [3.05, 3.63) is 33.8 Å². The Morgan fingerprint density at radius 2 is 2.00 bits per heavy atom. The molecule has 1 aromatic rings. The molecule has 0 aromatic heterocycles. The molecule has 0 aliphatic heterocycles. The number of benzene rings is 1. The molecule has 0 fully saturated rings. The van der Waals surface area contributed by atoms with Gasteiger partial charge in [0.05, 0.1) is 16.7 Å². The minimum Gasteiger partial charge on any atom is -0.384 e. The lowest BCUT2D eigenvalue weighted by molar-refractivity contribution is 0.202. The van der Waals surface area contributed by atoms with Gasteiger partial charge >= 0.3 is 0 Å². The molecule has 0 saturated heterocycles. The van der Waals surface area contributed by atoms with E-state index in [4.69, 9.17) is 27.9 Å². The van der Waals surface area contributed by atoms with E-state index in [1.165, 1.54) is 0 Å². The molecule has 3 heteroatoms. The van der Waals surface area contributed by atoms with Crippen molar-refractivity contribution >= 4 is 23.2 Å². The van der Waals surface area contributed by atoms with E-state index in [-0.39, 0.29) is 0 Å². The summed E-state index contributed by atoms with van der Waals surface area (Å²) in [5, 5.41) is 1.20. The largest absolute Gasteiger partial charge is 0.384 e. The first-order chi connectivity index (χ1) is 5.74. The van der Waals surface area contributed by atoms with Gasteiger partial charge in [0.15, 0.2) is 0 Å². The molecule has 0 radical (unpaired) electrons. The second-order valence-corrected chi connectivity index (χ2v) is 3.31. The first kappa shape index (κ1) is 9.85. The summed E-state index contributed by atoms with van der Waals surface area (Å²) in [4.78, 5) is 0. The Balaban J connectivity index is 2.69. The molecule has 12 heavy (non-hydrogen) atoms. The molecular formula is C9H10Cl2O. The number of halogens is 2. The lowest BCUT2D eigenvalue weighted by Crippen LogP contribution is -1.93. The molecule has 0 spiro atoms. The number of hydrogen-bond acceptors (Lipinski definition) is 1. The molecule has 0 aliphatic carbocycles. The van der Waals surface area contributed by atoms with Gasteiger partial charge in [0, 0.05) is 7.11 Å². The third-order valence-corrected chi connectivity index (χ3v) is 2.32. The Morgan fingerprint density at radius 3 is 2.58 bits per heavy atom. The van der Waals surface area contributed by atoms with Crippen molar-refractivity contribution in [1.29, 1.82) is 0 Å². The van der Waals surface area contributed by atoms with Gasteiger partial charge in [-0.1, -0.05) is 29.3 Å². The van der Waals surface area contributed by atoms with Crippen LogP contribution >= 0.6 is 23.2 Å². The van der Waals surface area contributed by atoms with Gasteiger partial charge in [-0.25, -0.2) is 0 Å². The number of rotatable bonds is 3. The van der Waals surface area contributed by atoms with Crippen molar-refractivity contribution in [2.75, 3.05) is 13.7 Å². The van der Waals surface area contributed by atoms with Crippen molar-refractivity contribution in [2.24, 2.45) is 0 Å². The fourth-order valence-electron chi connectivity index (χ4n) is 0.915. The van der Waals surface area contributed by atoms with Gasteiger partial charge in [-0.2, -0.15) is 0 Å². The summed E-state index contributed by atoms with van der Waals surface area (Å²) in [5.74, 6) is 0. The SMILES string of the molecule is COCCc1ccc(Cl)c(Cl)c1. The van der Waals surface area contributed by atoms with Crippen molar-refractivity contribution < 1.29 is 4.74 Å². The molecular weight excluding hydrogens is 195 g/mol. The third-order valence-electron chi connectivity index (χ3n) is 1.58. The molecule has 1 nitrogen and oxygen atoms in total. The van der Waals surface area contributed by atoms with Crippen molar-refractivity contribution in [2.45, 2.75) is 6.42 Å². The highest BCUT2D eigenvalue weighted by Gasteiger charge is 1.98. The highest BCUT2D eigenvalue weighted by Crippen LogP contribution is 2.22. The molecule has 66 valence electrons. The van der Waals surface area contributed by atoms with Crippen molar-refractivity contribution in [1.82, 2.24) is 0 Å². The Labute approximate surface area is 82.2 Å². The van der Waals surface area contributed by atoms with Crippen LogP contribution in [0, 0.1) is 0 Å². The molecule has 0 bridgehead atoms. The minimum atomic E-state index is 0.595. The number of hydrogen-bond donors (Lipinski definition) is 0. The van der Waals surface area contributed by atoms with Crippen molar-refractivity contribution in [3.63, 3.8) is 0 Å². The van der Waals surface area contributed by atoms with E-state index in [2.05, 4.69) is 0 Å². The first-order valence-electron chi connectivity index (χ1n) is 3.67. The molecule has 0 N–H and O–H groups in total. The Hall–Kier alpha value is -0.240. The van der Waals surface area contributed by atoms with Gasteiger partial charge in [-0.15, -0.1) is 0 Å².